The Morgan fingerprint density at radius 3 is 2.17 bits per heavy atom. The Kier molecular flexibility index (Phi) is 5.57. The van der Waals surface area contributed by atoms with Crippen LogP contribution in [0.3, 0.4) is 0 Å². The van der Waals surface area contributed by atoms with Gasteiger partial charge in [-0.3, -0.25) is 0 Å². The van der Waals surface area contributed by atoms with Crippen molar-refractivity contribution in [2.24, 2.45) is 0 Å². The molecule has 0 bridgehead atoms. The van der Waals surface area contributed by atoms with Crippen LogP contribution in [-0.2, 0) is 19.1 Å². The SMILES string of the molecule is Cc1cccc(C)c1C(=O)[NH][Ti]([Cl])([Cl])([c]1cccc2c1Cc1ccccc1-2)[SiH](C)C. The molecule has 0 aliphatic heterocycles. The minimum atomic E-state index is -4.58. The summed E-state index contributed by atoms with van der Waals surface area (Å²) in [5.74, 6) is -0.151. The number of aryl methyl sites for hydroxylation is 2. The summed E-state index contributed by atoms with van der Waals surface area (Å²) in [5, 5.41) is 0. The summed E-state index contributed by atoms with van der Waals surface area (Å²) in [4.78, 5) is 13.5. The molecule has 1 aliphatic carbocycles. The van der Waals surface area contributed by atoms with Crippen molar-refractivity contribution < 1.29 is 17.5 Å². The van der Waals surface area contributed by atoms with Gasteiger partial charge in [-0.2, -0.15) is 0 Å². The van der Waals surface area contributed by atoms with E-state index in [9.17, 15) is 4.79 Å². The summed E-state index contributed by atoms with van der Waals surface area (Å²) in [6.07, 6.45) is 0.806. The Bertz CT molecular complexity index is 1160. The van der Waals surface area contributed by atoms with Crippen LogP contribution in [0.2, 0.25) is 13.1 Å². The molecule has 3 aromatic rings. The number of hydrogen-bond acceptors (Lipinski definition) is 1. The van der Waals surface area contributed by atoms with E-state index in [1.54, 1.807) is 0 Å². The Balaban J connectivity index is 1.86. The fourth-order valence-corrected chi connectivity index (χ4v) is 16.4. The first-order valence-electron chi connectivity index (χ1n) is 10.3. The zero-order chi connectivity index (χ0) is 21.7. The molecule has 0 saturated carbocycles. The van der Waals surface area contributed by atoms with Crippen LogP contribution in [0.1, 0.15) is 32.6 Å². The van der Waals surface area contributed by atoms with Crippen LogP contribution in [0.5, 0.6) is 0 Å². The third-order valence-electron chi connectivity index (χ3n) is 6.41. The number of fused-ring (bicyclic) bond motifs is 3. The Labute approximate surface area is 188 Å². The number of amides is 1. The van der Waals surface area contributed by atoms with E-state index in [0.717, 1.165) is 21.4 Å². The number of halogens is 2. The van der Waals surface area contributed by atoms with Crippen LogP contribution in [-0.4, -0.2) is 12.6 Å². The number of carbonyl (C=O) groups excluding carboxylic acids is 1. The van der Waals surface area contributed by atoms with Gasteiger partial charge in [-0.1, -0.05) is 0 Å². The van der Waals surface area contributed by atoms with E-state index in [1.807, 2.05) is 38.1 Å². The summed E-state index contributed by atoms with van der Waals surface area (Å²) < 4.78 is 4.28. The van der Waals surface area contributed by atoms with Crippen LogP contribution in [0.4, 0.5) is 0 Å². The van der Waals surface area contributed by atoms with Gasteiger partial charge in [0.2, 0.25) is 0 Å². The zero-order valence-electron chi connectivity index (χ0n) is 17.7. The molecule has 0 heterocycles. The fourth-order valence-electron chi connectivity index (χ4n) is 4.55. The standard InChI is InChI=1S/C13H9.C9H11NO.C2H7Si.2ClH.Ti/c1-3-7-12-10(5-1)9-11-6-2-4-8-13(11)12;1-6-4-3-5-7(2)8(6)9(10)11;1-3-2;;;/h1-5,7-8H,9H2;3-5H,1-2H3,(H2,10,11);3H,1-2H3;2*1H;/q;;;;;+3/p-3. The van der Waals surface area contributed by atoms with Gasteiger partial charge in [0.1, 0.15) is 0 Å². The van der Waals surface area contributed by atoms with Gasteiger partial charge >= 0.3 is 189 Å². The van der Waals surface area contributed by atoms with Crippen molar-refractivity contribution in [3.63, 3.8) is 0 Å². The second-order valence-corrected chi connectivity index (χ2v) is 36.0. The zero-order valence-corrected chi connectivity index (χ0v) is 22.0. The number of rotatable bonds is 4. The van der Waals surface area contributed by atoms with Crippen molar-refractivity contribution in [2.45, 2.75) is 33.4 Å². The van der Waals surface area contributed by atoms with Crippen molar-refractivity contribution in [3.05, 3.63) is 88.5 Å². The molecule has 6 heteroatoms. The minimum absolute atomic E-state index is 0.151. The van der Waals surface area contributed by atoms with Crippen LogP contribution in [0.25, 0.3) is 11.1 Å². The van der Waals surface area contributed by atoms with Gasteiger partial charge < -0.3 is 0 Å². The average Bonchev–Trinajstić information content (AvgIpc) is 3.06. The quantitative estimate of drug-likeness (QED) is 0.358. The van der Waals surface area contributed by atoms with Gasteiger partial charge in [0, 0.05) is 0 Å². The number of hydrogen-bond donors (Lipinski definition) is 1. The first-order valence-corrected chi connectivity index (χ1v) is 21.7. The predicted octanol–water partition coefficient (Wildman–Crippen LogP) is 5.83. The molecule has 1 amide bonds. The molecule has 0 saturated heterocycles. The molecule has 3 aromatic carbocycles. The van der Waals surface area contributed by atoms with E-state index >= 15 is 0 Å². The summed E-state index contributed by atoms with van der Waals surface area (Å²) in [5.41, 5.74) is 7.45. The van der Waals surface area contributed by atoms with Gasteiger partial charge in [0.15, 0.2) is 0 Å². The fraction of sp³-hybridized carbons (Fsp3) is 0.208. The molecular formula is C24H26Cl2NOSiTi. The molecule has 2 nitrogen and oxygen atoms in total. The number of benzene rings is 3. The number of nitrogens with one attached hydrogen (secondary N) is 1. The maximum absolute atomic E-state index is 13.5. The van der Waals surface area contributed by atoms with Crippen molar-refractivity contribution in [2.75, 3.05) is 0 Å². The summed E-state index contributed by atoms with van der Waals surface area (Å²) in [6.45, 7) is 6.53. The van der Waals surface area contributed by atoms with Gasteiger partial charge in [-0.25, -0.2) is 0 Å². The van der Waals surface area contributed by atoms with Crippen molar-refractivity contribution in [1.29, 1.82) is 0 Å². The van der Waals surface area contributed by atoms with Crippen LogP contribution in [0, 0.1) is 13.8 Å². The molecule has 0 fully saturated rings. The van der Waals surface area contributed by atoms with Crippen molar-refractivity contribution in [1.82, 2.24) is 3.80 Å². The molecule has 155 valence electrons. The average molecular weight is 491 g/mol. The summed E-state index contributed by atoms with van der Waals surface area (Å²) >= 11 is -4.58. The molecule has 0 atom stereocenters. The molecule has 0 spiro atoms. The second-order valence-electron chi connectivity index (χ2n) is 8.62. The summed E-state index contributed by atoms with van der Waals surface area (Å²) in [6, 6.07) is 20.5. The summed E-state index contributed by atoms with van der Waals surface area (Å²) in [7, 11) is 15.0. The second kappa shape index (κ2) is 7.65. The van der Waals surface area contributed by atoms with Gasteiger partial charge in [-0.15, -0.1) is 0 Å². The molecule has 1 N–H and O–H groups in total. The monoisotopic (exact) mass is 490 g/mol. The van der Waals surface area contributed by atoms with E-state index in [-0.39, 0.29) is 5.91 Å². The molecule has 4 rings (SSSR count). The predicted molar refractivity (Wildman–Crippen MR) is 128 cm³/mol. The molecule has 0 unspecified atom stereocenters. The molecule has 30 heavy (non-hydrogen) atoms. The maximum atomic E-state index is 13.5. The Hall–Kier alpha value is -1.36. The molecular weight excluding hydrogens is 465 g/mol. The van der Waals surface area contributed by atoms with Crippen LogP contribution < -0.4 is 7.67 Å². The Morgan fingerprint density at radius 2 is 1.50 bits per heavy atom. The van der Waals surface area contributed by atoms with Gasteiger partial charge in [0.25, 0.3) is 0 Å². The topological polar surface area (TPSA) is 29.1 Å². The molecule has 0 aromatic heterocycles. The Morgan fingerprint density at radius 1 is 0.900 bits per heavy atom. The molecule has 0 radical (unpaired) electrons. The van der Waals surface area contributed by atoms with Crippen molar-refractivity contribution >= 4 is 35.0 Å². The molecule has 1 aliphatic rings. The first-order chi connectivity index (χ1) is 14.1. The van der Waals surface area contributed by atoms with E-state index in [2.05, 4.69) is 53.3 Å². The van der Waals surface area contributed by atoms with E-state index in [1.165, 1.54) is 22.3 Å². The van der Waals surface area contributed by atoms with E-state index < -0.39 is 19.4 Å². The van der Waals surface area contributed by atoms with Crippen molar-refractivity contribution in [3.8, 4) is 11.1 Å². The van der Waals surface area contributed by atoms with E-state index in [0.29, 0.717) is 5.56 Å². The third kappa shape index (κ3) is 3.41. The van der Waals surface area contributed by atoms with E-state index in [4.69, 9.17) is 18.6 Å². The van der Waals surface area contributed by atoms with Gasteiger partial charge in [0.05, 0.1) is 0 Å². The van der Waals surface area contributed by atoms with Crippen LogP contribution in [0.15, 0.2) is 60.7 Å². The first kappa shape index (κ1) is 21.9. The third-order valence-corrected chi connectivity index (χ3v) is 36.4. The van der Waals surface area contributed by atoms with Crippen LogP contribution >= 0.6 is 18.6 Å². The number of carbonyl (C=O) groups is 1. The van der Waals surface area contributed by atoms with Gasteiger partial charge in [-0.05, 0) is 0 Å². The normalized spacial score (nSPS) is 14.0.